The summed E-state index contributed by atoms with van der Waals surface area (Å²) in [6.45, 7) is 2.29. The number of hydrogen-bond acceptors (Lipinski definition) is 0. The molecule has 0 radical (unpaired) electrons. The number of rotatable bonds is 3. The Balaban J connectivity index is 1.39. The van der Waals surface area contributed by atoms with Crippen LogP contribution in [0.1, 0.15) is 82.6 Å². The van der Waals surface area contributed by atoms with E-state index in [0.29, 0.717) is 0 Å². The Morgan fingerprint density at radius 3 is 2.52 bits per heavy atom. The molecule has 4 unspecified atom stereocenters. The maximum Gasteiger partial charge on any atom is -0.0149 e. The molecule has 0 nitrogen and oxygen atoms in total. The lowest BCUT2D eigenvalue weighted by molar-refractivity contribution is 0.138. The number of fused-ring (bicyclic) bond motifs is 1. The Hall–Kier alpha value is -1.82. The first-order chi connectivity index (χ1) is 14.3. The molecule has 2 saturated carbocycles. The molecular formula is C29H36. The average molecular weight is 385 g/mol. The molecule has 152 valence electrons. The lowest BCUT2D eigenvalue weighted by Gasteiger charge is -2.42. The topological polar surface area (TPSA) is 0 Å². The van der Waals surface area contributed by atoms with Gasteiger partial charge < -0.3 is 0 Å². The molecule has 0 aromatic heterocycles. The van der Waals surface area contributed by atoms with Gasteiger partial charge in [0, 0.05) is 0 Å². The van der Waals surface area contributed by atoms with Gasteiger partial charge in [0.15, 0.2) is 0 Å². The van der Waals surface area contributed by atoms with Crippen molar-refractivity contribution >= 4 is 10.8 Å². The molecule has 0 heterocycles. The lowest BCUT2D eigenvalue weighted by atomic mass is 9.62. The number of benzene rings is 2. The van der Waals surface area contributed by atoms with E-state index in [9.17, 15) is 0 Å². The molecule has 0 heteroatoms. The molecule has 2 fully saturated rings. The summed E-state index contributed by atoms with van der Waals surface area (Å²) in [5.41, 5.74) is 4.97. The Bertz CT molecular complexity index is 909. The van der Waals surface area contributed by atoms with E-state index < -0.39 is 0 Å². The zero-order valence-corrected chi connectivity index (χ0v) is 18.1. The minimum atomic E-state index is 0.755. The van der Waals surface area contributed by atoms with Gasteiger partial charge in [0.05, 0.1) is 0 Å². The smallest absolute Gasteiger partial charge is 0.0149 e. The van der Waals surface area contributed by atoms with Crippen LogP contribution < -0.4 is 0 Å². The Morgan fingerprint density at radius 1 is 0.759 bits per heavy atom. The molecule has 2 aromatic rings. The summed E-state index contributed by atoms with van der Waals surface area (Å²) < 4.78 is 0. The van der Waals surface area contributed by atoms with Crippen LogP contribution in [0, 0.1) is 17.8 Å². The highest BCUT2D eigenvalue weighted by molar-refractivity contribution is 5.86. The van der Waals surface area contributed by atoms with E-state index in [0.717, 1.165) is 23.7 Å². The minimum absolute atomic E-state index is 0.755. The molecule has 0 amide bonds. The molecule has 0 saturated heterocycles. The fourth-order valence-corrected chi connectivity index (χ4v) is 6.76. The van der Waals surface area contributed by atoms with Crippen molar-refractivity contribution in [2.24, 2.45) is 17.8 Å². The number of allylic oxidation sites excluding steroid dienone is 4. The third-order valence-electron chi connectivity index (χ3n) is 8.27. The summed E-state index contributed by atoms with van der Waals surface area (Å²) in [5, 5.41) is 2.91. The normalized spacial score (nSPS) is 30.7. The summed E-state index contributed by atoms with van der Waals surface area (Å²) in [6, 6.07) is 16.0. The first-order valence-corrected chi connectivity index (χ1v) is 12.1. The van der Waals surface area contributed by atoms with Crippen LogP contribution in [0.15, 0.2) is 65.8 Å². The number of hydrogen-bond donors (Lipinski definition) is 0. The first kappa shape index (κ1) is 19.2. The first-order valence-electron chi connectivity index (χ1n) is 12.1. The summed E-state index contributed by atoms with van der Waals surface area (Å²) in [4.78, 5) is 0. The van der Waals surface area contributed by atoms with Crippen LogP contribution in [0.3, 0.4) is 0 Å². The Morgan fingerprint density at radius 2 is 1.62 bits per heavy atom. The molecule has 29 heavy (non-hydrogen) atoms. The second kappa shape index (κ2) is 8.50. The van der Waals surface area contributed by atoms with E-state index in [1.807, 2.05) is 0 Å². The van der Waals surface area contributed by atoms with E-state index in [1.165, 1.54) is 75.0 Å². The van der Waals surface area contributed by atoms with Crippen LogP contribution in [0.5, 0.6) is 0 Å². The van der Waals surface area contributed by atoms with Crippen molar-refractivity contribution in [3.8, 4) is 0 Å². The summed E-state index contributed by atoms with van der Waals surface area (Å²) >= 11 is 0. The largest absolute Gasteiger partial charge is 0.0730 e. The predicted octanol–water partition coefficient (Wildman–Crippen LogP) is 8.59. The van der Waals surface area contributed by atoms with Crippen LogP contribution in [0.25, 0.3) is 10.8 Å². The quantitative estimate of drug-likeness (QED) is 0.497. The third kappa shape index (κ3) is 3.96. The molecule has 0 bridgehead atoms. The van der Waals surface area contributed by atoms with E-state index >= 15 is 0 Å². The Labute approximate surface area is 177 Å². The molecular weight excluding hydrogens is 348 g/mol. The summed E-state index contributed by atoms with van der Waals surface area (Å²) in [5.74, 6) is 3.47. The molecule has 5 rings (SSSR count). The van der Waals surface area contributed by atoms with Gasteiger partial charge in [-0.1, -0.05) is 91.4 Å². The van der Waals surface area contributed by atoms with E-state index in [2.05, 4.69) is 61.5 Å². The fourth-order valence-electron chi connectivity index (χ4n) is 6.76. The minimum Gasteiger partial charge on any atom is -0.0730 e. The van der Waals surface area contributed by atoms with Gasteiger partial charge in [-0.15, -0.1) is 0 Å². The average Bonchev–Trinajstić information content (AvgIpc) is 2.79. The van der Waals surface area contributed by atoms with Gasteiger partial charge >= 0.3 is 0 Å². The van der Waals surface area contributed by atoms with Crippen LogP contribution in [0.2, 0.25) is 0 Å². The molecule has 3 aliphatic rings. The second-order valence-corrected chi connectivity index (χ2v) is 10.0. The van der Waals surface area contributed by atoms with E-state index in [4.69, 9.17) is 0 Å². The molecule has 0 aliphatic heterocycles. The van der Waals surface area contributed by atoms with Crippen molar-refractivity contribution < 1.29 is 0 Å². The molecule has 2 aromatic carbocycles. The molecule has 0 N–H and O–H groups in total. The molecule has 3 aliphatic carbocycles. The van der Waals surface area contributed by atoms with Crippen LogP contribution in [-0.2, 0) is 0 Å². The van der Waals surface area contributed by atoms with Crippen LogP contribution >= 0.6 is 0 Å². The maximum absolute atomic E-state index is 2.51. The highest BCUT2D eigenvalue weighted by Crippen LogP contribution is 2.49. The van der Waals surface area contributed by atoms with Gasteiger partial charge in [0.1, 0.15) is 0 Å². The van der Waals surface area contributed by atoms with Crippen LogP contribution in [0.4, 0.5) is 0 Å². The van der Waals surface area contributed by atoms with Gasteiger partial charge in [-0.25, -0.2) is 0 Å². The Kier molecular flexibility index (Phi) is 5.62. The molecule has 0 spiro atoms. The monoisotopic (exact) mass is 384 g/mol. The lowest BCUT2D eigenvalue weighted by Crippen LogP contribution is -2.31. The van der Waals surface area contributed by atoms with Crippen molar-refractivity contribution in [2.75, 3.05) is 0 Å². The van der Waals surface area contributed by atoms with Gasteiger partial charge in [0.2, 0.25) is 0 Å². The van der Waals surface area contributed by atoms with E-state index in [1.54, 1.807) is 16.7 Å². The van der Waals surface area contributed by atoms with Crippen molar-refractivity contribution in [1.82, 2.24) is 0 Å². The van der Waals surface area contributed by atoms with Crippen molar-refractivity contribution in [3.63, 3.8) is 0 Å². The van der Waals surface area contributed by atoms with Gasteiger partial charge in [0.25, 0.3) is 0 Å². The zero-order chi connectivity index (χ0) is 19.6. The van der Waals surface area contributed by atoms with Crippen LogP contribution in [-0.4, -0.2) is 0 Å². The van der Waals surface area contributed by atoms with Gasteiger partial charge in [-0.05, 0) is 85.5 Å². The summed E-state index contributed by atoms with van der Waals surface area (Å²) in [6.07, 6.45) is 19.0. The zero-order valence-electron chi connectivity index (χ0n) is 18.1. The third-order valence-corrected chi connectivity index (χ3v) is 8.27. The fraction of sp³-hybridized carbons (Fsp3) is 0.517. The molecule has 4 atom stereocenters. The summed E-state index contributed by atoms with van der Waals surface area (Å²) in [7, 11) is 0. The highest BCUT2D eigenvalue weighted by Gasteiger charge is 2.36. The highest BCUT2D eigenvalue weighted by atomic mass is 14.4. The van der Waals surface area contributed by atoms with Crippen molar-refractivity contribution in [3.05, 3.63) is 71.3 Å². The van der Waals surface area contributed by atoms with Gasteiger partial charge in [-0.2, -0.15) is 0 Å². The van der Waals surface area contributed by atoms with Gasteiger partial charge in [-0.3, -0.25) is 0 Å². The second-order valence-electron chi connectivity index (χ2n) is 10.0. The van der Waals surface area contributed by atoms with Crippen molar-refractivity contribution in [2.45, 2.75) is 77.0 Å². The predicted molar refractivity (Wildman–Crippen MR) is 125 cm³/mol. The standard InChI is InChI=1S/C29H36/c1-21-16-18-23(19-17-21)27-13-4-5-14-28(27)24-10-6-11-25(20-24)29-15-7-9-22-8-2-3-12-26(22)29/h2-3,7-9,12,15-16,18,24-25,27-28H,4-6,10-11,13-14,17,19-20H2,1H3. The SMILES string of the molecule is CC1=CC=C(C2CCCCC2C2CCCC(c3cccc4ccccc34)C2)CC1. The van der Waals surface area contributed by atoms with E-state index in [-0.39, 0.29) is 0 Å². The van der Waals surface area contributed by atoms with Crippen molar-refractivity contribution in [1.29, 1.82) is 0 Å². The maximum atomic E-state index is 2.51.